The molecule has 2 aliphatic rings. The Morgan fingerprint density at radius 2 is 2.00 bits per heavy atom. The van der Waals surface area contributed by atoms with Crippen LogP contribution in [0.4, 0.5) is 0 Å². The van der Waals surface area contributed by atoms with Crippen LogP contribution in [0, 0.1) is 0 Å². The molecule has 6 heteroatoms. The second kappa shape index (κ2) is 6.40. The molecule has 0 radical (unpaired) electrons. The van der Waals surface area contributed by atoms with Crippen LogP contribution in [0.5, 0.6) is 5.75 Å². The van der Waals surface area contributed by atoms with E-state index in [9.17, 15) is 0 Å². The predicted octanol–water partition coefficient (Wildman–Crippen LogP) is 2.72. The van der Waals surface area contributed by atoms with E-state index >= 15 is 0 Å². The monoisotopic (exact) mass is 320 g/mol. The van der Waals surface area contributed by atoms with Crippen LogP contribution >= 0.6 is 11.8 Å². The van der Waals surface area contributed by atoms with Crippen molar-refractivity contribution in [3.63, 3.8) is 0 Å². The van der Waals surface area contributed by atoms with Crippen molar-refractivity contribution in [3.8, 4) is 5.75 Å². The number of para-hydroxylation sites is 1. The first-order valence-corrected chi connectivity index (χ1v) is 8.48. The Labute approximate surface area is 135 Å². The number of amidine groups is 2. The highest BCUT2D eigenvalue weighted by atomic mass is 32.2. The fourth-order valence-electron chi connectivity index (χ4n) is 2.80. The summed E-state index contributed by atoms with van der Waals surface area (Å²) >= 11 is 1.74. The van der Waals surface area contributed by atoms with E-state index in [1.165, 1.54) is 12.8 Å². The zero-order valence-electron chi connectivity index (χ0n) is 13.3. The molecule has 1 atom stereocenters. The van der Waals surface area contributed by atoms with E-state index in [0.717, 1.165) is 34.7 Å². The predicted molar refractivity (Wildman–Crippen MR) is 90.5 cm³/mol. The molecule has 0 N–H and O–H groups in total. The third-order valence-electron chi connectivity index (χ3n) is 4.21. The summed E-state index contributed by atoms with van der Waals surface area (Å²) in [6, 6.07) is 8.61. The fourth-order valence-corrected chi connectivity index (χ4v) is 3.83. The van der Waals surface area contributed by atoms with E-state index in [0.29, 0.717) is 10.5 Å². The molecular formula is C16H22N3O2S+. The molecule has 1 aromatic rings. The molecule has 0 amide bonds. The van der Waals surface area contributed by atoms with Gasteiger partial charge >= 0.3 is 0 Å². The smallest absolute Gasteiger partial charge is 0.289 e. The van der Waals surface area contributed by atoms with E-state index in [-0.39, 0.29) is 0 Å². The second-order valence-electron chi connectivity index (χ2n) is 5.65. The van der Waals surface area contributed by atoms with Gasteiger partial charge in [-0.1, -0.05) is 22.3 Å². The second-order valence-corrected chi connectivity index (χ2v) is 6.72. The third-order valence-corrected chi connectivity index (χ3v) is 5.30. The Morgan fingerprint density at radius 3 is 2.68 bits per heavy atom. The molecule has 1 aromatic carbocycles. The average Bonchev–Trinajstić information content (AvgIpc) is 3.34. The SMILES string of the molecule is COCCSC1=NN=C(c2ccccc2OC)[N+]1(C)C1CC1. The molecule has 1 aliphatic heterocycles. The van der Waals surface area contributed by atoms with Gasteiger partial charge in [-0.05, 0) is 23.9 Å². The molecule has 3 rings (SSSR count). The lowest BCUT2D eigenvalue weighted by Crippen LogP contribution is -2.52. The van der Waals surface area contributed by atoms with Gasteiger partial charge in [-0.15, -0.1) is 0 Å². The number of quaternary nitrogens is 1. The highest BCUT2D eigenvalue weighted by Crippen LogP contribution is 2.41. The number of hydrogen-bond donors (Lipinski definition) is 0. The number of nitrogens with zero attached hydrogens (tertiary/aromatic N) is 3. The van der Waals surface area contributed by atoms with E-state index in [4.69, 9.17) is 9.47 Å². The molecule has 0 spiro atoms. The van der Waals surface area contributed by atoms with E-state index in [1.807, 2.05) is 18.2 Å². The van der Waals surface area contributed by atoms with E-state index in [1.54, 1.807) is 26.0 Å². The lowest BCUT2D eigenvalue weighted by molar-refractivity contribution is -0.729. The summed E-state index contributed by atoms with van der Waals surface area (Å²) in [5.41, 5.74) is 1.03. The maximum Gasteiger partial charge on any atom is 0.289 e. The van der Waals surface area contributed by atoms with Gasteiger partial charge in [-0.2, -0.15) is 0 Å². The minimum absolute atomic E-state index is 0.569. The number of rotatable bonds is 6. The van der Waals surface area contributed by atoms with Crippen molar-refractivity contribution >= 4 is 22.8 Å². The summed E-state index contributed by atoms with van der Waals surface area (Å²) in [6.45, 7) is 0.721. The Hall–Kier alpha value is -1.37. The summed E-state index contributed by atoms with van der Waals surface area (Å²) in [6.07, 6.45) is 2.43. The molecule has 22 heavy (non-hydrogen) atoms. The Bertz CT molecular complexity index is 613. The molecule has 0 aromatic heterocycles. The summed E-state index contributed by atoms with van der Waals surface area (Å²) in [5.74, 6) is 2.73. The van der Waals surface area contributed by atoms with Crippen molar-refractivity contribution in [1.82, 2.24) is 0 Å². The highest BCUT2D eigenvalue weighted by molar-refractivity contribution is 8.13. The maximum atomic E-state index is 5.52. The topological polar surface area (TPSA) is 43.2 Å². The van der Waals surface area contributed by atoms with Gasteiger partial charge < -0.3 is 9.47 Å². The molecule has 0 saturated heterocycles. The van der Waals surface area contributed by atoms with Crippen LogP contribution in [0.25, 0.3) is 0 Å². The minimum atomic E-state index is 0.569. The summed E-state index contributed by atoms with van der Waals surface area (Å²) in [4.78, 5) is 0. The lowest BCUT2D eigenvalue weighted by Gasteiger charge is -2.30. The van der Waals surface area contributed by atoms with Gasteiger partial charge in [-0.3, -0.25) is 0 Å². The van der Waals surface area contributed by atoms with Crippen LogP contribution in [0.3, 0.4) is 0 Å². The van der Waals surface area contributed by atoms with Gasteiger partial charge in [-0.25, -0.2) is 4.48 Å². The molecule has 1 unspecified atom stereocenters. The van der Waals surface area contributed by atoms with Gasteiger partial charge in [0, 0.05) is 25.7 Å². The van der Waals surface area contributed by atoms with Gasteiger partial charge in [0.05, 0.1) is 20.8 Å². The van der Waals surface area contributed by atoms with Crippen molar-refractivity contribution in [2.45, 2.75) is 18.9 Å². The molecule has 1 fully saturated rings. The van der Waals surface area contributed by atoms with Crippen molar-refractivity contribution in [2.24, 2.45) is 10.2 Å². The van der Waals surface area contributed by atoms with Crippen LogP contribution in [-0.2, 0) is 4.74 Å². The summed E-state index contributed by atoms with van der Waals surface area (Å²) in [5, 5.41) is 10.1. The first-order chi connectivity index (χ1) is 10.7. The van der Waals surface area contributed by atoms with Crippen LogP contribution in [0.2, 0.25) is 0 Å². The van der Waals surface area contributed by atoms with E-state index in [2.05, 4.69) is 23.3 Å². The van der Waals surface area contributed by atoms with Gasteiger partial charge in [0.25, 0.3) is 11.0 Å². The van der Waals surface area contributed by atoms with Crippen LogP contribution in [0.1, 0.15) is 18.4 Å². The highest BCUT2D eigenvalue weighted by Gasteiger charge is 2.53. The number of ether oxygens (including phenoxy) is 2. The standard InChI is InChI=1S/C16H22N3O2S/c1-19(12-8-9-12)15(13-6-4-5-7-14(13)21-3)17-18-16(19)22-11-10-20-2/h4-7,12H,8-11H2,1-3H3/q+1. The first-order valence-electron chi connectivity index (χ1n) is 7.50. The molecule has 1 saturated carbocycles. The van der Waals surface area contributed by atoms with E-state index < -0.39 is 0 Å². The largest absolute Gasteiger partial charge is 0.496 e. The molecular weight excluding hydrogens is 298 g/mol. The quantitative estimate of drug-likeness (QED) is 0.598. The van der Waals surface area contributed by atoms with Gasteiger partial charge in [0.1, 0.15) is 17.4 Å². The molecule has 1 aliphatic carbocycles. The Kier molecular flexibility index (Phi) is 4.52. The zero-order valence-corrected chi connectivity index (χ0v) is 14.1. The number of benzene rings is 1. The molecule has 1 heterocycles. The van der Waals surface area contributed by atoms with Gasteiger partial charge in [0.2, 0.25) is 0 Å². The third kappa shape index (κ3) is 2.66. The fraction of sp³-hybridized carbons (Fsp3) is 0.500. The number of methoxy groups -OCH3 is 2. The van der Waals surface area contributed by atoms with Crippen molar-refractivity contribution in [3.05, 3.63) is 29.8 Å². The lowest BCUT2D eigenvalue weighted by atomic mass is 10.1. The Morgan fingerprint density at radius 1 is 1.23 bits per heavy atom. The number of thioether (sulfide) groups is 1. The number of hydrogen-bond acceptors (Lipinski definition) is 5. The van der Waals surface area contributed by atoms with Crippen LogP contribution in [0.15, 0.2) is 34.5 Å². The molecule has 5 nitrogen and oxygen atoms in total. The average molecular weight is 320 g/mol. The summed E-state index contributed by atoms with van der Waals surface area (Å²) < 4.78 is 11.4. The Balaban J connectivity index is 1.90. The maximum absolute atomic E-state index is 5.52. The molecule has 118 valence electrons. The van der Waals surface area contributed by atoms with Crippen molar-refractivity contribution in [2.75, 3.05) is 33.6 Å². The zero-order chi connectivity index (χ0) is 15.6. The first kappa shape index (κ1) is 15.5. The molecule has 0 bridgehead atoms. The van der Waals surface area contributed by atoms with Crippen LogP contribution in [-0.4, -0.2) is 55.2 Å². The normalized spacial score (nSPS) is 24.1. The van der Waals surface area contributed by atoms with Crippen LogP contribution < -0.4 is 4.74 Å². The minimum Gasteiger partial charge on any atom is -0.496 e. The van der Waals surface area contributed by atoms with Crippen molar-refractivity contribution < 1.29 is 14.0 Å². The van der Waals surface area contributed by atoms with Crippen molar-refractivity contribution in [1.29, 1.82) is 0 Å². The van der Waals surface area contributed by atoms with Gasteiger partial charge in [0.15, 0.2) is 0 Å². The summed E-state index contributed by atoms with van der Waals surface area (Å²) in [7, 11) is 5.64.